The number of rotatable bonds is 4. The maximum Gasteiger partial charge on any atom is 0.122 e. The molecule has 0 saturated carbocycles. The van der Waals surface area contributed by atoms with Gasteiger partial charge < -0.3 is 10.1 Å². The highest BCUT2D eigenvalue weighted by atomic mass is 16.5. The van der Waals surface area contributed by atoms with Crippen LogP contribution in [0.15, 0.2) is 42.5 Å². The van der Waals surface area contributed by atoms with E-state index in [0.29, 0.717) is 6.04 Å². The van der Waals surface area contributed by atoms with Crippen LogP contribution in [-0.2, 0) is 13.0 Å². The minimum atomic E-state index is 0.349. The normalized spacial score (nSPS) is 14.7. The molecule has 2 heteroatoms. The Hall–Kier alpha value is -1.80. The minimum Gasteiger partial charge on any atom is -0.493 e. The first-order valence-corrected chi connectivity index (χ1v) is 7.27. The van der Waals surface area contributed by atoms with E-state index >= 15 is 0 Å². The number of ether oxygens (including phenoxy) is 1. The lowest BCUT2D eigenvalue weighted by Crippen LogP contribution is -2.18. The van der Waals surface area contributed by atoms with Crippen molar-refractivity contribution in [3.63, 3.8) is 0 Å². The lowest BCUT2D eigenvalue weighted by atomic mass is 10.0. The lowest BCUT2D eigenvalue weighted by Gasteiger charge is -2.15. The molecule has 104 valence electrons. The molecule has 0 saturated heterocycles. The van der Waals surface area contributed by atoms with E-state index in [-0.39, 0.29) is 0 Å². The van der Waals surface area contributed by atoms with Crippen molar-refractivity contribution in [2.24, 2.45) is 0 Å². The molecule has 2 aromatic rings. The number of hydrogen-bond donors (Lipinski definition) is 1. The van der Waals surface area contributed by atoms with Crippen LogP contribution in [0.25, 0.3) is 0 Å². The summed E-state index contributed by atoms with van der Waals surface area (Å²) in [6.07, 6.45) is 1.04. The van der Waals surface area contributed by atoms with Crippen molar-refractivity contribution in [1.82, 2.24) is 5.32 Å². The van der Waals surface area contributed by atoms with Gasteiger partial charge in [-0.2, -0.15) is 0 Å². The van der Waals surface area contributed by atoms with Gasteiger partial charge in [-0.3, -0.25) is 0 Å². The molecule has 0 spiro atoms. The number of hydrogen-bond acceptors (Lipinski definition) is 2. The van der Waals surface area contributed by atoms with Crippen molar-refractivity contribution < 1.29 is 4.74 Å². The molecular weight excluding hydrogens is 246 g/mol. The van der Waals surface area contributed by atoms with Gasteiger partial charge in [0.15, 0.2) is 0 Å². The molecule has 1 aliphatic rings. The van der Waals surface area contributed by atoms with Gasteiger partial charge in [-0.15, -0.1) is 0 Å². The highest BCUT2D eigenvalue weighted by Gasteiger charge is 2.14. The van der Waals surface area contributed by atoms with Crippen LogP contribution in [0, 0.1) is 6.92 Å². The van der Waals surface area contributed by atoms with Crippen molar-refractivity contribution >= 4 is 0 Å². The molecule has 1 atom stereocenters. The van der Waals surface area contributed by atoms with E-state index in [1.165, 1.54) is 22.3 Å². The van der Waals surface area contributed by atoms with Crippen LogP contribution < -0.4 is 10.1 Å². The van der Waals surface area contributed by atoms with Crippen molar-refractivity contribution in [3.8, 4) is 5.75 Å². The van der Waals surface area contributed by atoms with Crippen LogP contribution in [0.3, 0.4) is 0 Å². The van der Waals surface area contributed by atoms with Crippen LogP contribution in [0.1, 0.15) is 35.2 Å². The summed E-state index contributed by atoms with van der Waals surface area (Å²) in [6, 6.07) is 15.6. The monoisotopic (exact) mass is 267 g/mol. The van der Waals surface area contributed by atoms with Gasteiger partial charge in [0.25, 0.3) is 0 Å². The van der Waals surface area contributed by atoms with Crippen LogP contribution in [0.4, 0.5) is 0 Å². The number of nitrogens with one attached hydrogen (secondary N) is 1. The molecule has 0 aromatic heterocycles. The Morgan fingerprint density at radius 3 is 2.75 bits per heavy atom. The summed E-state index contributed by atoms with van der Waals surface area (Å²) < 4.78 is 5.55. The van der Waals surface area contributed by atoms with Gasteiger partial charge in [-0.1, -0.05) is 42.0 Å². The Balaban J connectivity index is 1.64. The first-order chi connectivity index (χ1) is 9.72. The maximum atomic E-state index is 5.55. The highest BCUT2D eigenvalue weighted by molar-refractivity contribution is 5.40. The first-order valence-electron chi connectivity index (χ1n) is 7.27. The largest absolute Gasteiger partial charge is 0.493 e. The quantitative estimate of drug-likeness (QED) is 0.910. The summed E-state index contributed by atoms with van der Waals surface area (Å²) in [6.45, 7) is 6.05. The Morgan fingerprint density at radius 1 is 1.15 bits per heavy atom. The molecule has 2 nitrogen and oxygen atoms in total. The Kier molecular flexibility index (Phi) is 3.75. The molecule has 1 N–H and O–H groups in total. The summed E-state index contributed by atoms with van der Waals surface area (Å²) in [5.41, 5.74) is 5.31. The topological polar surface area (TPSA) is 21.3 Å². The summed E-state index contributed by atoms with van der Waals surface area (Å²) >= 11 is 0. The van der Waals surface area contributed by atoms with E-state index in [1.54, 1.807) is 0 Å². The third kappa shape index (κ3) is 2.86. The van der Waals surface area contributed by atoms with E-state index in [0.717, 1.165) is 25.3 Å². The molecule has 2 aromatic carbocycles. The van der Waals surface area contributed by atoms with Gasteiger partial charge in [0.1, 0.15) is 5.75 Å². The Bertz CT molecular complexity index is 589. The van der Waals surface area contributed by atoms with E-state index < -0.39 is 0 Å². The van der Waals surface area contributed by atoms with E-state index in [4.69, 9.17) is 4.74 Å². The molecule has 20 heavy (non-hydrogen) atoms. The van der Waals surface area contributed by atoms with Crippen molar-refractivity contribution in [3.05, 3.63) is 64.7 Å². The van der Waals surface area contributed by atoms with Gasteiger partial charge in [-0.25, -0.2) is 0 Å². The minimum absolute atomic E-state index is 0.349. The second-order valence-corrected chi connectivity index (χ2v) is 5.55. The van der Waals surface area contributed by atoms with E-state index in [9.17, 15) is 0 Å². The summed E-state index contributed by atoms with van der Waals surface area (Å²) in [4.78, 5) is 0. The lowest BCUT2D eigenvalue weighted by molar-refractivity contribution is 0.356. The predicted molar refractivity (Wildman–Crippen MR) is 82.1 cm³/mol. The van der Waals surface area contributed by atoms with E-state index in [1.807, 2.05) is 0 Å². The molecule has 0 fully saturated rings. The molecule has 0 amide bonds. The molecule has 1 unspecified atom stereocenters. The van der Waals surface area contributed by atoms with Crippen molar-refractivity contribution in [2.45, 2.75) is 32.9 Å². The van der Waals surface area contributed by atoms with Crippen molar-refractivity contribution in [1.29, 1.82) is 0 Å². The number of aryl methyl sites for hydroxylation is 1. The average molecular weight is 267 g/mol. The molecule has 1 aliphatic heterocycles. The summed E-state index contributed by atoms with van der Waals surface area (Å²) in [5, 5.41) is 3.59. The first kappa shape index (κ1) is 13.2. The smallest absolute Gasteiger partial charge is 0.122 e. The molecule has 0 bridgehead atoms. The molecule has 1 heterocycles. The Morgan fingerprint density at radius 2 is 1.95 bits per heavy atom. The fraction of sp³-hybridized carbons (Fsp3) is 0.333. The van der Waals surface area contributed by atoms with Gasteiger partial charge in [0.2, 0.25) is 0 Å². The van der Waals surface area contributed by atoms with Crippen LogP contribution >= 0.6 is 0 Å². The maximum absolute atomic E-state index is 5.55. The third-order valence-corrected chi connectivity index (χ3v) is 3.95. The standard InChI is InChI=1S/C18H21NO/c1-13-3-5-15(6-4-13)12-19-14(2)16-7-8-18-17(11-16)9-10-20-18/h3-8,11,14,19H,9-10,12H2,1-2H3. The van der Waals surface area contributed by atoms with Gasteiger partial charge >= 0.3 is 0 Å². The van der Waals surface area contributed by atoms with Gasteiger partial charge in [0.05, 0.1) is 6.61 Å². The molecule has 3 rings (SSSR count). The van der Waals surface area contributed by atoms with Crippen molar-refractivity contribution in [2.75, 3.05) is 6.61 Å². The van der Waals surface area contributed by atoms with Gasteiger partial charge in [-0.05, 0) is 36.6 Å². The van der Waals surface area contributed by atoms with Gasteiger partial charge in [0, 0.05) is 19.0 Å². The molecule has 0 aliphatic carbocycles. The van der Waals surface area contributed by atoms with E-state index in [2.05, 4.69) is 61.6 Å². The second kappa shape index (κ2) is 5.68. The number of fused-ring (bicyclic) bond motifs is 1. The fourth-order valence-electron chi connectivity index (χ4n) is 2.57. The van der Waals surface area contributed by atoms with Crippen LogP contribution in [0.2, 0.25) is 0 Å². The summed E-state index contributed by atoms with van der Waals surface area (Å²) in [5.74, 6) is 1.06. The Labute approximate surface area is 120 Å². The summed E-state index contributed by atoms with van der Waals surface area (Å²) in [7, 11) is 0. The van der Waals surface area contributed by atoms with Crippen LogP contribution in [0.5, 0.6) is 5.75 Å². The highest BCUT2D eigenvalue weighted by Crippen LogP contribution is 2.28. The zero-order valence-corrected chi connectivity index (χ0v) is 12.1. The SMILES string of the molecule is Cc1ccc(CNC(C)c2ccc3c(c2)CCO3)cc1. The zero-order chi connectivity index (χ0) is 13.9. The second-order valence-electron chi connectivity index (χ2n) is 5.55. The third-order valence-electron chi connectivity index (χ3n) is 3.95. The number of benzene rings is 2. The average Bonchev–Trinajstić information content (AvgIpc) is 2.93. The fourth-order valence-corrected chi connectivity index (χ4v) is 2.57. The predicted octanol–water partition coefficient (Wildman–Crippen LogP) is 3.78. The van der Waals surface area contributed by atoms with Crippen LogP contribution in [-0.4, -0.2) is 6.61 Å². The zero-order valence-electron chi connectivity index (χ0n) is 12.1. The molecular formula is C18H21NO. The molecule has 0 radical (unpaired) electrons.